The molecule has 4 rings (SSSR count). The first-order chi connectivity index (χ1) is 15.3. The van der Waals surface area contributed by atoms with Gasteiger partial charge in [-0.2, -0.15) is 9.40 Å². The summed E-state index contributed by atoms with van der Waals surface area (Å²) in [6.07, 6.45) is 2.85. The van der Waals surface area contributed by atoms with Gasteiger partial charge in [-0.3, -0.25) is 4.79 Å². The van der Waals surface area contributed by atoms with Gasteiger partial charge < -0.3 is 0 Å². The maximum atomic E-state index is 13.3. The second-order valence-corrected chi connectivity index (χ2v) is 10.5. The van der Waals surface area contributed by atoms with Crippen molar-refractivity contribution in [2.75, 3.05) is 13.1 Å². The summed E-state index contributed by atoms with van der Waals surface area (Å²) in [7, 11) is -3.56. The molecule has 168 valence electrons. The van der Waals surface area contributed by atoms with Crippen molar-refractivity contribution >= 4 is 10.0 Å². The highest BCUT2D eigenvalue weighted by molar-refractivity contribution is 7.89. The van der Waals surface area contributed by atoms with E-state index in [1.807, 2.05) is 45.0 Å². The quantitative estimate of drug-likeness (QED) is 0.587. The zero-order valence-corrected chi connectivity index (χ0v) is 19.7. The molecule has 6 nitrogen and oxygen atoms in total. The maximum absolute atomic E-state index is 13.3. The molecule has 7 heteroatoms. The molecular formula is C25H29N3O3S. The SMILES string of the molecule is Cc1ccc(C)c(Cn2nc(-c3ccc(C)c(S(=O)(=O)N4CCCCC4)c3)ccc2=O)c1. The molecule has 32 heavy (non-hydrogen) atoms. The van der Waals surface area contributed by atoms with E-state index in [4.69, 9.17) is 0 Å². The van der Waals surface area contributed by atoms with Crippen LogP contribution < -0.4 is 5.56 Å². The number of benzene rings is 2. The highest BCUT2D eigenvalue weighted by atomic mass is 32.2. The number of aromatic nitrogens is 2. The fourth-order valence-electron chi connectivity index (χ4n) is 4.13. The van der Waals surface area contributed by atoms with E-state index in [0.717, 1.165) is 36.0 Å². The zero-order chi connectivity index (χ0) is 22.9. The van der Waals surface area contributed by atoms with Gasteiger partial charge in [0.1, 0.15) is 0 Å². The molecule has 1 aliphatic rings. The molecule has 0 unspecified atom stereocenters. The highest BCUT2D eigenvalue weighted by Crippen LogP contribution is 2.27. The molecular weight excluding hydrogens is 422 g/mol. The number of aryl methyl sites for hydroxylation is 3. The van der Waals surface area contributed by atoms with Crippen LogP contribution >= 0.6 is 0 Å². The largest absolute Gasteiger partial charge is 0.268 e. The highest BCUT2D eigenvalue weighted by Gasteiger charge is 2.27. The Morgan fingerprint density at radius 2 is 1.59 bits per heavy atom. The van der Waals surface area contributed by atoms with Gasteiger partial charge >= 0.3 is 0 Å². The van der Waals surface area contributed by atoms with Crippen molar-refractivity contribution < 1.29 is 8.42 Å². The van der Waals surface area contributed by atoms with Crippen molar-refractivity contribution in [2.45, 2.75) is 51.5 Å². The van der Waals surface area contributed by atoms with Gasteiger partial charge in [0.05, 0.1) is 17.1 Å². The maximum Gasteiger partial charge on any atom is 0.267 e. The topological polar surface area (TPSA) is 72.3 Å². The molecule has 1 saturated heterocycles. The Kier molecular flexibility index (Phi) is 6.31. The number of sulfonamides is 1. The van der Waals surface area contributed by atoms with Gasteiger partial charge in [-0.15, -0.1) is 0 Å². The second-order valence-electron chi connectivity index (χ2n) is 8.59. The lowest BCUT2D eigenvalue weighted by molar-refractivity contribution is 0.346. The van der Waals surface area contributed by atoms with Gasteiger partial charge in [0.15, 0.2) is 0 Å². The molecule has 0 spiro atoms. The van der Waals surface area contributed by atoms with Gasteiger partial charge in [0.25, 0.3) is 5.56 Å². The van der Waals surface area contributed by atoms with Crippen LogP contribution in [0.5, 0.6) is 0 Å². The molecule has 3 aromatic rings. The van der Waals surface area contributed by atoms with Gasteiger partial charge in [-0.1, -0.05) is 42.3 Å². The van der Waals surface area contributed by atoms with Crippen molar-refractivity contribution in [1.82, 2.24) is 14.1 Å². The van der Waals surface area contributed by atoms with E-state index >= 15 is 0 Å². The predicted molar refractivity (Wildman–Crippen MR) is 126 cm³/mol. The van der Waals surface area contributed by atoms with Crippen LogP contribution in [0.3, 0.4) is 0 Å². The molecule has 0 amide bonds. The normalized spacial score (nSPS) is 15.1. The van der Waals surface area contributed by atoms with Crippen molar-refractivity contribution in [2.24, 2.45) is 0 Å². The fraction of sp³-hybridized carbons (Fsp3) is 0.360. The van der Waals surface area contributed by atoms with Crippen LogP contribution in [0.15, 0.2) is 58.2 Å². The second kappa shape index (κ2) is 9.00. The Morgan fingerprint density at radius 3 is 2.34 bits per heavy atom. The summed E-state index contributed by atoms with van der Waals surface area (Å²) in [4.78, 5) is 12.8. The standard InChI is InChI=1S/C25H29N3O3S/c1-18-7-8-19(2)22(15-18)17-28-25(29)12-11-23(26-28)21-10-9-20(3)24(16-21)32(30,31)27-13-5-4-6-14-27/h7-12,15-16H,4-6,13-14,17H2,1-3H3. The Labute approximate surface area is 189 Å². The van der Waals surface area contributed by atoms with E-state index in [0.29, 0.717) is 41.4 Å². The first-order valence-electron chi connectivity index (χ1n) is 11.0. The molecule has 0 atom stereocenters. The molecule has 0 saturated carbocycles. The first-order valence-corrected chi connectivity index (χ1v) is 12.5. The van der Waals surface area contributed by atoms with Crippen LogP contribution in [0.4, 0.5) is 0 Å². The summed E-state index contributed by atoms with van der Waals surface area (Å²) >= 11 is 0. The van der Waals surface area contributed by atoms with E-state index in [2.05, 4.69) is 11.2 Å². The molecule has 1 aliphatic heterocycles. The van der Waals surface area contributed by atoms with Crippen LogP contribution in [0, 0.1) is 20.8 Å². The summed E-state index contributed by atoms with van der Waals surface area (Å²) in [5.74, 6) is 0. The zero-order valence-electron chi connectivity index (χ0n) is 18.8. The Balaban J connectivity index is 1.71. The lowest BCUT2D eigenvalue weighted by atomic mass is 10.1. The minimum Gasteiger partial charge on any atom is -0.268 e. The van der Waals surface area contributed by atoms with Gasteiger partial charge in [0, 0.05) is 24.7 Å². The number of rotatable bonds is 5. The summed E-state index contributed by atoms with van der Waals surface area (Å²) in [5.41, 5.74) is 5.03. The van der Waals surface area contributed by atoms with Gasteiger partial charge in [-0.05, 0) is 62.4 Å². The van der Waals surface area contributed by atoms with E-state index in [-0.39, 0.29) is 5.56 Å². The molecule has 2 aromatic carbocycles. The van der Waals surface area contributed by atoms with Crippen molar-refractivity contribution in [3.63, 3.8) is 0 Å². The molecule has 1 fully saturated rings. The lowest BCUT2D eigenvalue weighted by Gasteiger charge is -2.26. The third-order valence-corrected chi connectivity index (χ3v) is 8.15. The van der Waals surface area contributed by atoms with Crippen molar-refractivity contribution in [3.8, 4) is 11.3 Å². The van der Waals surface area contributed by atoms with Crippen molar-refractivity contribution in [3.05, 3.63) is 81.1 Å². The lowest BCUT2D eigenvalue weighted by Crippen LogP contribution is -2.36. The third-order valence-electron chi connectivity index (χ3n) is 6.11. The number of nitrogens with zero attached hydrogens (tertiary/aromatic N) is 3. The van der Waals surface area contributed by atoms with E-state index in [1.54, 1.807) is 16.4 Å². The van der Waals surface area contributed by atoms with Crippen LogP contribution in [-0.4, -0.2) is 35.6 Å². The molecule has 0 bridgehead atoms. The van der Waals surface area contributed by atoms with E-state index < -0.39 is 10.0 Å². The first kappa shape index (κ1) is 22.4. The Hall–Kier alpha value is -2.77. The third kappa shape index (κ3) is 4.54. The molecule has 0 N–H and O–H groups in total. The minimum atomic E-state index is -3.56. The Morgan fingerprint density at radius 1 is 0.875 bits per heavy atom. The minimum absolute atomic E-state index is 0.192. The van der Waals surface area contributed by atoms with E-state index in [1.165, 1.54) is 10.7 Å². The Bertz CT molecular complexity index is 1310. The van der Waals surface area contributed by atoms with Crippen LogP contribution in [-0.2, 0) is 16.6 Å². The van der Waals surface area contributed by atoms with Gasteiger partial charge in [0.2, 0.25) is 10.0 Å². The molecule has 0 aliphatic carbocycles. The monoisotopic (exact) mass is 451 g/mol. The average Bonchev–Trinajstić information content (AvgIpc) is 2.78. The number of hydrogen-bond acceptors (Lipinski definition) is 4. The van der Waals surface area contributed by atoms with E-state index in [9.17, 15) is 13.2 Å². The van der Waals surface area contributed by atoms with Crippen molar-refractivity contribution in [1.29, 1.82) is 0 Å². The summed E-state index contributed by atoms with van der Waals surface area (Å²) < 4.78 is 29.6. The summed E-state index contributed by atoms with van der Waals surface area (Å²) in [6, 6.07) is 14.7. The van der Waals surface area contributed by atoms with Gasteiger partial charge in [-0.25, -0.2) is 13.1 Å². The average molecular weight is 452 g/mol. The van der Waals surface area contributed by atoms with Crippen LogP contribution in [0.25, 0.3) is 11.3 Å². The number of hydrogen-bond donors (Lipinski definition) is 0. The van der Waals surface area contributed by atoms with Crippen LogP contribution in [0.1, 0.15) is 41.5 Å². The fourth-order valence-corrected chi connectivity index (χ4v) is 5.90. The molecule has 0 radical (unpaired) electrons. The molecule has 1 aromatic heterocycles. The smallest absolute Gasteiger partial charge is 0.267 e. The molecule has 2 heterocycles. The summed E-state index contributed by atoms with van der Waals surface area (Å²) in [5, 5.41) is 4.57. The predicted octanol–water partition coefficient (Wildman–Crippen LogP) is 4.06. The summed E-state index contributed by atoms with van der Waals surface area (Å²) in [6.45, 7) is 7.34. The number of piperidine rings is 1. The van der Waals surface area contributed by atoms with Crippen LogP contribution in [0.2, 0.25) is 0 Å².